The van der Waals surface area contributed by atoms with Crippen molar-refractivity contribution in [2.24, 2.45) is 0 Å². The first kappa shape index (κ1) is 10.5. The van der Waals surface area contributed by atoms with Crippen LogP contribution in [-0.2, 0) is 14.3 Å². The number of amides is 1. The molecule has 0 aromatic carbocycles. The fraction of sp³-hybridized carbons (Fsp3) is 0.500. The second-order valence-corrected chi connectivity index (χ2v) is 2.18. The Morgan fingerprint density at radius 2 is 2.25 bits per heavy atom. The Kier molecular flexibility index (Phi) is 4.54. The van der Waals surface area contributed by atoms with Gasteiger partial charge in [0, 0.05) is 13.3 Å². The van der Waals surface area contributed by atoms with Crippen molar-refractivity contribution < 1.29 is 14.3 Å². The van der Waals surface area contributed by atoms with Crippen LogP contribution < -0.4 is 5.32 Å². The molecule has 1 amide bonds. The molecule has 0 aliphatic rings. The summed E-state index contributed by atoms with van der Waals surface area (Å²) < 4.78 is 4.42. The smallest absolute Gasteiger partial charge is 0.329 e. The van der Waals surface area contributed by atoms with Crippen LogP contribution in [0.25, 0.3) is 0 Å². The van der Waals surface area contributed by atoms with Crippen molar-refractivity contribution in [2.75, 3.05) is 7.11 Å². The van der Waals surface area contributed by atoms with Crippen molar-refractivity contribution in [1.29, 1.82) is 0 Å². The zero-order valence-electron chi connectivity index (χ0n) is 7.09. The van der Waals surface area contributed by atoms with E-state index < -0.39 is 12.0 Å². The van der Waals surface area contributed by atoms with Crippen LogP contribution in [0, 0.1) is 12.3 Å². The van der Waals surface area contributed by atoms with Gasteiger partial charge in [-0.3, -0.25) is 4.79 Å². The molecule has 0 aliphatic carbocycles. The zero-order chi connectivity index (χ0) is 9.56. The van der Waals surface area contributed by atoms with Crippen LogP contribution in [-0.4, -0.2) is 25.0 Å². The Hall–Kier alpha value is -1.50. The van der Waals surface area contributed by atoms with Gasteiger partial charge in [0.25, 0.3) is 0 Å². The fourth-order valence-corrected chi connectivity index (χ4v) is 0.699. The highest BCUT2D eigenvalue weighted by Gasteiger charge is 2.18. The van der Waals surface area contributed by atoms with Gasteiger partial charge in [0.05, 0.1) is 7.11 Å². The number of methoxy groups -OCH3 is 1. The molecule has 0 heterocycles. The van der Waals surface area contributed by atoms with Gasteiger partial charge in [0.2, 0.25) is 5.91 Å². The van der Waals surface area contributed by atoms with E-state index in [-0.39, 0.29) is 12.3 Å². The Morgan fingerprint density at radius 1 is 1.67 bits per heavy atom. The first-order valence-electron chi connectivity index (χ1n) is 3.40. The van der Waals surface area contributed by atoms with Crippen molar-refractivity contribution in [2.45, 2.75) is 19.4 Å². The van der Waals surface area contributed by atoms with Crippen LogP contribution in [0.1, 0.15) is 13.3 Å². The number of carbonyl (C=O) groups is 2. The summed E-state index contributed by atoms with van der Waals surface area (Å²) in [5.74, 6) is 1.44. The largest absolute Gasteiger partial charge is 0.467 e. The van der Waals surface area contributed by atoms with Crippen molar-refractivity contribution in [1.82, 2.24) is 5.32 Å². The summed E-state index contributed by atoms with van der Waals surface area (Å²) in [5, 5.41) is 2.38. The molecule has 4 heteroatoms. The molecule has 0 bridgehead atoms. The molecule has 0 spiro atoms. The lowest BCUT2D eigenvalue weighted by molar-refractivity contribution is -0.144. The van der Waals surface area contributed by atoms with Gasteiger partial charge in [-0.05, 0) is 0 Å². The molecule has 0 aromatic heterocycles. The summed E-state index contributed by atoms with van der Waals surface area (Å²) in [7, 11) is 1.24. The number of ether oxygens (including phenoxy) is 1. The number of rotatable bonds is 3. The van der Waals surface area contributed by atoms with E-state index in [1.54, 1.807) is 0 Å². The topological polar surface area (TPSA) is 55.4 Å². The maximum Gasteiger partial charge on any atom is 0.329 e. The summed E-state index contributed by atoms with van der Waals surface area (Å²) in [6.07, 6.45) is 5.13. The van der Waals surface area contributed by atoms with E-state index >= 15 is 0 Å². The Balaban J connectivity index is 4.14. The van der Waals surface area contributed by atoms with Gasteiger partial charge in [-0.15, -0.1) is 12.3 Å². The monoisotopic (exact) mass is 169 g/mol. The van der Waals surface area contributed by atoms with Crippen molar-refractivity contribution >= 4 is 11.9 Å². The second-order valence-electron chi connectivity index (χ2n) is 2.18. The molecular weight excluding hydrogens is 158 g/mol. The molecule has 4 nitrogen and oxygen atoms in total. The number of hydrogen-bond donors (Lipinski definition) is 1. The van der Waals surface area contributed by atoms with E-state index in [4.69, 9.17) is 6.42 Å². The summed E-state index contributed by atoms with van der Waals surface area (Å²) >= 11 is 0. The maximum atomic E-state index is 10.9. The third-order valence-corrected chi connectivity index (χ3v) is 1.19. The molecule has 0 aliphatic heterocycles. The van der Waals surface area contributed by atoms with Gasteiger partial charge in [0.15, 0.2) is 0 Å². The number of esters is 1. The molecule has 0 saturated heterocycles. The Bertz CT molecular complexity index is 217. The second kappa shape index (κ2) is 5.19. The molecule has 0 rings (SSSR count). The molecule has 0 radical (unpaired) electrons. The minimum Gasteiger partial charge on any atom is -0.467 e. The van der Waals surface area contributed by atoms with E-state index in [9.17, 15) is 9.59 Å². The highest BCUT2D eigenvalue weighted by molar-refractivity contribution is 5.83. The van der Waals surface area contributed by atoms with Crippen LogP contribution >= 0.6 is 0 Å². The minimum atomic E-state index is -0.725. The summed E-state index contributed by atoms with van der Waals surface area (Å²) in [4.78, 5) is 21.5. The van der Waals surface area contributed by atoms with E-state index in [1.165, 1.54) is 14.0 Å². The van der Waals surface area contributed by atoms with Crippen LogP contribution in [0.3, 0.4) is 0 Å². The SMILES string of the molecule is C#CC[C@H](NC(C)=O)C(=O)OC. The van der Waals surface area contributed by atoms with Gasteiger partial charge in [-0.1, -0.05) is 0 Å². The van der Waals surface area contributed by atoms with Gasteiger partial charge in [-0.2, -0.15) is 0 Å². The third-order valence-electron chi connectivity index (χ3n) is 1.19. The molecule has 1 N–H and O–H groups in total. The highest BCUT2D eigenvalue weighted by atomic mass is 16.5. The quantitative estimate of drug-likeness (QED) is 0.465. The lowest BCUT2D eigenvalue weighted by atomic mass is 10.2. The van der Waals surface area contributed by atoms with Crippen LogP contribution in [0.15, 0.2) is 0 Å². The van der Waals surface area contributed by atoms with Crippen LogP contribution in [0.5, 0.6) is 0 Å². The summed E-state index contributed by atoms with van der Waals surface area (Å²) in [6, 6.07) is -0.725. The lowest BCUT2D eigenvalue weighted by Gasteiger charge is -2.11. The molecule has 0 unspecified atom stereocenters. The summed E-state index contributed by atoms with van der Waals surface area (Å²) in [5.41, 5.74) is 0. The van der Waals surface area contributed by atoms with E-state index in [1.807, 2.05) is 0 Å². The Labute approximate surface area is 71.3 Å². The Morgan fingerprint density at radius 3 is 2.58 bits per heavy atom. The lowest BCUT2D eigenvalue weighted by Crippen LogP contribution is -2.40. The molecule has 12 heavy (non-hydrogen) atoms. The summed E-state index contributed by atoms with van der Waals surface area (Å²) in [6.45, 7) is 1.31. The standard InChI is InChI=1S/C8H11NO3/c1-4-5-7(8(11)12-3)9-6(2)10/h1,7H,5H2,2-3H3,(H,9,10)/t7-/m0/s1. The zero-order valence-corrected chi connectivity index (χ0v) is 7.09. The maximum absolute atomic E-state index is 10.9. The molecule has 66 valence electrons. The predicted octanol–water partition coefficient (Wildman–Crippen LogP) is -0.313. The van der Waals surface area contributed by atoms with Crippen LogP contribution in [0.2, 0.25) is 0 Å². The fourth-order valence-electron chi connectivity index (χ4n) is 0.699. The van der Waals surface area contributed by atoms with Crippen molar-refractivity contribution in [3.63, 3.8) is 0 Å². The molecular formula is C8H11NO3. The van der Waals surface area contributed by atoms with E-state index in [0.29, 0.717) is 0 Å². The van der Waals surface area contributed by atoms with Gasteiger partial charge < -0.3 is 10.1 Å². The first-order valence-corrected chi connectivity index (χ1v) is 3.40. The van der Waals surface area contributed by atoms with Crippen molar-refractivity contribution in [3.05, 3.63) is 0 Å². The van der Waals surface area contributed by atoms with Gasteiger partial charge in [0.1, 0.15) is 6.04 Å². The van der Waals surface area contributed by atoms with Crippen molar-refractivity contribution in [3.8, 4) is 12.3 Å². The molecule has 0 aromatic rings. The van der Waals surface area contributed by atoms with E-state index in [2.05, 4.69) is 16.0 Å². The number of hydrogen-bond acceptors (Lipinski definition) is 3. The highest BCUT2D eigenvalue weighted by Crippen LogP contribution is 1.93. The van der Waals surface area contributed by atoms with Crippen LogP contribution in [0.4, 0.5) is 0 Å². The first-order chi connectivity index (χ1) is 5.61. The normalized spacial score (nSPS) is 11.1. The molecule has 1 atom stereocenters. The van der Waals surface area contributed by atoms with Gasteiger partial charge >= 0.3 is 5.97 Å². The number of nitrogens with one attached hydrogen (secondary N) is 1. The molecule has 0 fully saturated rings. The number of terminal acetylenes is 1. The predicted molar refractivity (Wildman–Crippen MR) is 43.1 cm³/mol. The third kappa shape index (κ3) is 3.62. The molecule has 0 saturated carbocycles. The minimum absolute atomic E-state index is 0.145. The van der Waals surface area contributed by atoms with E-state index in [0.717, 1.165) is 0 Å². The average Bonchev–Trinajstić information content (AvgIpc) is 2.01. The average molecular weight is 169 g/mol. The number of carbonyl (C=O) groups excluding carboxylic acids is 2. The van der Waals surface area contributed by atoms with Gasteiger partial charge in [-0.25, -0.2) is 4.79 Å².